The van der Waals surface area contributed by atoms with Crippen molar-refractivity contribution < 1.29 is 37.6 Å². The van der Waals surface area contributed by atoms with Crippen LogP contribution in [0.1, 0.15) is 91.9 Å². The van der Waals surface area contributed by atoms with Gasteiger partial charge in [0.2, 0.25) is 0 Å². The number of aliphatic hydroxyl groups is 4. The monoisotopic (exact) mass is 532 g/mol. The van der Waals surface area contributed by atoms with Gasteiger partial charge in [-0.05, 0) is 85.9 Å². The summed E-state index contributed by atoms with van der Waals surface area (Å²) in [7, 11) is -4.41. The molecule has 0 spiro atoms. The fraction of sp³-hybridized carbons (Fsp3) is 1.00. The summed E-state index contributed by atoms with van der Waals surface area (Å²) in [5.74, 6) is 1.25. The Morgan fingerprint density at radius 1 is 1.03 bits per heavy atom. The third-order valence-electron chi connectivity index (χ3n) is 11.4. The lowest BCUT2D eigenvalue weighted by Gasteiger charge is -2.65. The molecule has 0 saturated heterocycles. The van der Waals surface area contributed by atoms with Crippen LogP contribution in [0, 0.1) is 46.3 Å². The maximum Gasteiger partial charge on any atom is 0.397 e. The summed E-state index contributed by atoms with van der Waals surface area (Å²) in [5, 5.41) is 44.5. The van der Waals surface area contributed by atoms with Crippen molar-refractivity contribution in [2.45, 2.75) is 116 Å². The zero-order valence-electron chi connectivity index (χ0n) is 22.3. The van der Waals surface area contributed by atoms with E-state index >= 15 is 0 Å². The Bertz CT molecular complexity index is 896. The summed E-state index contributed by atoms with van der Waals surface area (Å²) >= 11 is 0. The fourth-order valence-corrected chi connectivity index (χ4v) is 9.94. The average Bonchev–Trinajstić information content (AvgIpc) is 3.05. The summed E-state index contributed by atoms with van der Waals surface area (Å²) in [5.41, 5.74) is -1.76. The van der Waals surface area contributed by atoms with Crippen LogP contribution in [-0.2, 0) is 14.6 Å². The lowest BCUT2D eigenvalue weighted by atomic mass is 9.42. The number of rotatable bonds is 8. The molecular formula is C27H48O8S. The highest BCUT2D eigenvalue weighted by Gasteiger charge is 2.68. The molecule has 4 fully saturated rings. The first kappa shape index (κ1) is 28.7. The molecule has 0 aromatic rings. The largest absolute Gasteiger partial charge is 0.397 e. The van der Waals surface area contributed by atoms with E-state index in [4.69, 9.17) is 4.55 Å². The van der Waals surface area contributed by atoms with Gasteiger partial charge >= 0.3 is 10.4 Å². The van der Waals surface area contributed by atoms with Crippen LogP contribution in [-0.4, -0.2) is 63.9 Å². The quantitative estimate of drug-likeness (QED) is 0.299. The van der Waals surface area contributed by atoms with E-state index in [1.165, 1.54) is 0 Å². The Morgan fingerprint density at radius 2 is 1.72 bits per heavy atom. The van der Waals surface area contributed by atoms with Crippen molar-refractivity contribution in [2.24, 2.45) is 46.3 Å². The predicted molar refractivity (Wildman–Crippen MR) is 135 cm³/mol. The van der Waals surface area contributed by atoms with Crippen LogP contribution in [0.25, 0.3) is 0 Å². The molecule has 5 N–H and O–H groups in total. The van der Waals surface area contributed by atoms with Gasteiger partial charge in [0.05, 0.1) is 30.5 Å². The summed E-state index contributed by atoms with van der Waals surface area (Å²) in [6, 6.07) is 0. The Labute approximate surface area is 216 Å². The molecule has 4 aliphatic carbocycles. The van der Waals surface area contributed by atoms with Gasteiger partial charge in [-0.3, -0.25) is 4.55 Å². The Morgan fingerprint density at radius 3 is 2.39 bits per heavy atom. The normalized spacial score (nSPS) is 48.5. The van der Waals surface area contributed by atoms with Crippen LogP contribution in [0.5, 0.6) is 0 Å². The second-order valence-electron chi connectivity index (χ2n) is 13.5. The Kier molecular flexibility index (Phi) is 8.00. The van der Waals surface area contributed by atoms with E-state index in [2.05, 4.69) is 25.0 Å². The molecule has 4 saturated carbocycles. The number of aliphatic hydroxyl groups excluding tert-OH is 3. The number of hydrogen-bond donors (Lipinski definition) is 5. The van der Waals surface area contributed by atoms with Crippen molar-refractivity contribution in [1.29, 1.82) is 0 Å². The molecular weight excluding hydrogens is 484 g/mol. The highest BCUT2D eigenvalue weighted by atomic mass is 32.3. The van der Waals surface area contributed by atoms with Gasteiger partial charge in [0.25, 0.3) is 0 Å². The molecule has 4 rings (SSSR count). The van der Waals surface area contributed by atoms with Gasteiger partial charge in [0.1, 0.15) is 0 Å². The first-order valence-electron chi connectivity index (χ1n) is 14.0. The molecule has 0 aromatic carbocycles. The van der Waals surface area contributed by atoms with Gasteiger partial charge < -0.3 is 20.4 Å². The standard InChI is InChI=1S/C27H48O8S/c1-16(15-35-36(32,33)34)6-5-7-17(2)21-13-22(29)24-19-12-23(30)27(31)14-18(28)8-11-26(27,4)20(19)9-10-25(21,24)3/h16-24,28-31H,5-15H2,1-4H3,(H,32,33,34). The van der Waals surface area contributed by atoms with Crippen molar-refractivity contribution in [2.75, 3.05) is 6.61 Å². The van der Waals surface area contributed by atoms with Crippen LogP contribution >= 0.6 is 0 Å². The van der Waals surface area contributed by atoms with E-state index in [9.17, 15) is 28.8 Å². The van der Waals surface area contributed by atoms with Gasteiger partial charge in [0.15, 0.2) is 0 Å². The number of hydrogen-bond acceptors (Lipinski definition) is 7. The highest BCUT2D eigenvalue weighted by Crippen LogP contribution is 2.69. The molecule has 4 aliphatic rings. The lowest BCUT2D eigenvalue weighted by Crippen LogP contribution is -2.69. The summed E-state index contributed by atoms with van der Waals surface area (Å²) in [6.07, 6.45) is 5.57. The fourth-order valence-electron chi connectivity index (χ4n) is 9.53. The van der Waals surface area contributed by atoms with Gasteiger partial charge in [-0.25, -0.2) is 4.18 Å². The van der Waals surface area contributed by atoms with E-state index in [0.29, 0.717) is 31.1 Å². The summed E-state index contributed by atoms with van der Waals surface area (Å²) in [4.78, 5) is 0. The zero-order chi connectivity index (χ0) is 26.7. The SMILES string of the molecule is CC(CCCC(C)C1CC(O)C2C3CC(O)C4(O)CC(O)CCC4(C)C3CCC12C)COS(=O)(=O)O. The van der Waals surface area contributed by atoms with Crippen LogP contribution in [0.4, 0.5) is 0 Å². The van der Waals surface area contributed by atoms with Crippen molar-refractivity contribution in [3.05, 3.63) is 0 Å². The maximum absolute atomic E-state index is 11.6. The van der Waals surface area contributed by atoms with Crippen LogP contribution < -0.4 is 0 Å². The molecule has 0 aromatic heterocycles. The smallest absolute Gasteiger partial charge is 0.393 e. The van der Waals surface area contributed by atoms with Crippen molar-refractivity contribution >= 4 is 10.4 Å². The van der Waals surface area contributed by atoms with E-state index in [1.54, 1.807) is 0 Å². The Balaban J connectivity index is 1.44. The second-order valence-corrected chi connectivity index (χ2v) is 14.6. The second kappa shape index (κ2) is 10.0. The minimum Gasteiger partial charge on any atom is -0.393 e. The van der Waals surface area contributed by atoms with Crippen molar-refractivity contribution in [3.63, 3.8) is 0 Å². The van der Waals surface area contributed by atoms with Gasteiger partial charge in [-0.2, -0.15) is 8.42 Å². The molecule has 8 nitrogen and oxygen atoms in total. The highest BCUT2D eigenvalue weighted by molar-refractivity contribution is 7.80. The molecule has 0 aliphatic heterocycles. The van der Waals surface area contributed by atoms with Gasteiger partial charge in [-0.15, -0.1) is 0 Å². The summed E-state index contributed by atoms with van der Waals surface area (Å²) in [6.45, 7) is 8.58. The minimum absolute atomic E-state index is 0.0179. The molecule has 0 amide bonds. The van der Waals surface area contributed by atoms with E-state index in [-0.39, 0.29) is 42.1 Å². The zero-order valence-corrected chi connectivity index (χ0v) is 23.2. The molecule has 0 radical (unpaired) electrons. The third-order valence-corrected chi connectivity index (χ3v) is 11.9. The molecule has 36 heavy (non-hydrogen) atoms. The average molecular weight is 533 g/mol. The van der Waals surface area contributed by atoms with E-state index in [1.807, 2.05) is 6.92 Å². The van der Waals surface area contributed by atoms with Crippen LogP contribution in [0.2, 0.25) is 0 Å². The van der Waals surface area contributed by atoms with Gasteiger partial charge in [0, 0.05) is 11.8 Å². The molecule has 210 valence electrons. The van der Waals surface area contributed by atoms with E-state index < -0.39 is 39.7 Å². The molecule has 9 heteroatoms. The third kappa shape index (κ3) is 4.91. The molecule has 0 heterocycles. The van der Waals surface area contributed by atoms with Crippen LogP contribution in [0.3, 0.4) is 0 Å². The topological polar surface area (TPSA) is 145 Å². The van der Waals surface area contributed by atoms with Crippen LogP contribution in [0.15, 0.2) is 0 Å². The van der Waals surface area contributed by atoms with Crippen molar-refractivity contribution in [3.8, 4) is 0 Å². The summed E-state index contributed by atoms with van der Waals surface area (Å²) < 4.78 is 34.9. The Hall–Kier alpha value is -0.290. The van der Waals surface area contributed by atoms with E-state index in [0.717, 1.165) is 38.5 Å². The minimum atomic E-state index is -4.41. The lowest BCUT2D eigenvalue weighted by molar-refractivity contribution is -0.268. The van der Waals surface area contributed by atoms with Gasteiger partial charge in [-0.1, -0.05) is 40.5 Å². The molecule has 12 unspecified atom stereocenters. The molecule has 12 atom stereocenters. The first-order chi connectivity index (χ1) is 16.6. The molecule has 0 bridgehead atoms. The number of fused-ring (bicyclic) bond motifs is 5. The first-order valence-corrected chi connectivity index (χ1v) is 15.4. The van der Waals surface area contributed by atoms with Crippen molar-refractivity contribution in [1.82, 2.24) is 0 Å². The maximum atomic E-state index is 11.6. The predicted octanol–water partition coefficient (Wildman–Crippen LogP) is 3.32.